The normalized spacial score (nSPS) is 13.0. The SMILES string of the molecule is CC[C@@H](C)Nc1nc2cccnc2s1. The molecule has 74 valence electrons. The summed E-state index contributed by atoms with van der Waals surface area (Å²) in [7, 11) is 0. The molecular weight excluding hydrogens is 194 g/mol. The van der Waals surface area contributed by atoms with Crippen molar-refractivity contribution in [3.05, 3.63) is 18.3 Å². The summed E-state index contributed by atoms with van der Waals surface area (Å²) in [6, 6.07) is 4.37. The van der Waals surface area contributed by atoms with Crippen LogP contribution in [0.4, 0.5) is 5.13 Å². The third kappa shape index (κ3) is 1.85. The predicted octanol–water partition coefficient (Wildman–Crippen LogP) is 2.90. The number of rotatable bonds is 3. The molecule has 2 aromatic rings. The van der Waals surface area contributed by atoms with Crippen LogP contribution in [0.5, 0.6) is 0 Å². The number of aromatic nitrogens is 2. The first-order chi connectivity index (χ1) is 6.79. The molecule has 0 saturated heterocycles. The first-order valence-electron chi connectivity index (χ1n) is 4.77. The van der Waals surface area contributed by atoms with Crippen LogP contribution < -0.4 is 5.32 Å². The number of pyridine rings is 1. The van der Waals surface area contributed by atoms with Gasteiger partial charge in [0.05, 0.1) is 0 Å². The molecule has 14 heavy (non-hydrogen) atoms. The van der Waals surface area contributed by atoms with Crippen molar-refractivity contribution in [1.82, 2.24) is 9.97 Å². The van der Waals surface area contributed by atoms with Gasteiger partial charge in [-0.25, -0.2) is 9.97 Å². The molecule has 2 heterocycles. The van der Waals surface area contributed by atoms with Gasteiger partial charge in [-0.05, 0) is 25.5 Å². The van der Waals surface area contributed by atoms with Crippen molar-refractivity contribution in [3.8, 4) is 0 Å². The highest BCUT2D eigenvalue weighted by Gasteiger charge is 2.05. The molecule has 0 fully saturated rings. The van der Waals surface area contributed by atoms with E-state index in [0.29, 0.717) is 6.04 Å². The van der Waals surface area contributed by atoms with Crippen LogP contribution in [-0.4, -0.2) is 16.0 Å². The van der Waals surface area contributed by atoms with Crippen LogP contribution in [-0.2, 0) is 0 Å². The van der Waals surface area contributed by atoms with E-state index in [9.17, 15) is 0 Å². The third-order valence-corrected chi connectivity index (χ3v) is 3.06. The zero-order valence-corrected chi connectivity index (χ0v) is 9.14. The zero-order chi connectivity index (χ0) is 9.97. The lowest BCUT2D eigenvalue weighted by atomic mass is 10.3. The molecule has 3 nitrogen and oxygen atoms in total. The Morgan fingerprint density at radius 1 is 1.57 bits per heavy atom. The summed E-state index contributed by atoms with van der Waals surface area (Å²) < 4.78 is 0. The molecule has 1 N–H and O–H groups in total. The first-order valence-corrected chi connectivity index (χ1v) is 5.59. The van der Waals surface area contributed by atoms with Crippen LogP contribution in [0.3, 0.4) is 0 Å². The predicted molar refractivity (Wildman–Crippen MR) is 60.8 cm³/mol. The highest BCUT2D eigenvalue weighted by Crippen LogP contribution is 2.24. The Morgan fingerprint density at radius 2 is 2.43 bits per heavy atom. The Bertz CT molecular complexity index is 391. The van der Waals surface area contributed by atoms with Gasteiger partial charge in [-0.1, -0.05) is 18.3 Å². The molecule has 4 heteroatoms. The summed E-state index contributed by atoms with van der Waals surface area (Å²) in [4.78, 5) is 9.69. The van der Waals surface area contributed by atoms with Crippen LogP contribution in [0.15, 0.2) is 18.3 Å². The van der Waals surface area contributed by atoms with Gasteiger partial charge in [-0.3, -0.25) is 0 Å². The number of nitrogens with one attached hydrogen (secondary N) is 1. The standard InChI is InChI=1S/C10H13N3S/c1-3-7(2)12-10-13-8-5-4-6-11-9(8)14-10/h4-7H,3H2,1-2H3,(H,12,13)/t7-/m1/s1. The molecule has 0 aliphatic heterocycles. The Balaban J connectivity index is 2.27. The molecule has 0 amide bonds. The largest absolute Gasteiger partial charge is 0.359 e. The van der Waals surface area contributed by atoms with Crippen molar-refractivity contribution in [2.45, 2.75) is 26.3 Å². The van der Waals surface area contributed by atoms with E-state index in [1.54, 1.807) is 17.5 Å². The quantitative estimate of drug-likeness (QED) is 0.841. The molecule has 0 aliphatic rings. The molecule has 0 bridgehead atoms. The van der Waals surface area contributed by atoms with Crippen LogP contribution in [0.1, 0.15) is 20.3 Å². The highest BCUT2D eigenvalue weighted by molar-refractivity contribution is 7.21. The van der Waals surface area contributed by atoms with E-state index < -0.39 is 0 Å². The van der Waals surface area contributed by atoms with E-state index >= 15 is 0 Å². The second-order valence-corrected chi connectivity index (χ2v) is 4.28. The van der Waals surface area contributed by atoms with Gasteiger partial charge in [0, 0.05) is 12.2 Å². The van der Waals surface area contributed by atoms with Crippen LogP contribution in [0.2, 0.25) is 0 Å². The summed E-state index contributed by atoms with van der Waals surface area (Å²) in [6.07, 6.45) is 2.90. The van der Waals surface area contributed by atoms with E-state index in [4.69, 9.17) is 0 Å². The molecule has 2 aromatic heterocycles. The van der Waals surface area contributed by atoms with Gasteiger partial charge < -0.3 is 5.32 Å². The third-order valence-electron chi connectivity index (χ3n) is 2.15. The van der Waals surface area contributed by atoms with Crippen molar-refractivity contribution in [2.24, 2.45) is 0 Å². The fraction of sp³-hybridized carbons (Fsp3) is 0.400. The van der Waals surface area contributed by atoms with Crippen LogP contribution >= 0.6 is 11.3 Å². The average Bonchev–Trinajstić information content (AvgIpc) is 2.59. The maximum Gasteiger partial charge on any atom is 0.185 e. The number of anilines is 1. The smallest absolute Gasteiger partial charge is 0.185 e. The van der Waals surface area contributed by atoms with Crippen molar-refractivity contribution < 1.29 is 0 Å². The van der Waals surface area contributed by atoms with Crippen molar-refractivity contribution in [3.63, 3.8) is 0 Å². The molecule has 0 radical (unpaired) electrons. The van der Waals surface area contributed by atoms with Gasteiger partial charge in [0.2, 0.25) is 0 Å². The van der Waals surface area contributed by atoms with Crippen molar-refractivity contribution in [2.75, 3.05) is 5.32 Å². The van der Waals surface area contributed by atoms with E-state index in [0.717, 1.165) is 21.9 Å². The van der Waals surface area contributed by atoms with Gasteiger partial charge in [0.25, 0.3) is 0 Å². The van der Waals surface area contributed by atoms with E-state index in [1.807, 2.05) is 12.1 Å². The molecule has 0 aliphatic carbocycles. The second-order valence-electron chi connectivity index (χ2n) is 3.30. The molecule has 0 aromatic carbocycles. The Hall–Kier alpha value is -1.16. The van der Waals surface area contributed by atoms with Gasteiger partial charge in [-0.2, -0.15) is 0 Å². The minimum Gasteiger partial charge on any atom is -0.359 e. The lowest BCUT2D eigenvalue weighted by molar-refractivity contribution is 0.763. The molecule has 0 spiro atoms. The van der Waals surface area contributed by atoms with Gasteiger partial charge in [0.1, 0.15) is 10.3 Å². The number of nitrogens with zero attached hydrogens (tertiary/aromatic N) is 2. The van der Waals surface area contributed by atoms with Gasteiger partial charge >= 0.3 is 0 Å². The lowest BCUT2D eigenvalue weighted by Gasteiger charge is -2.08. The lowest BCUT2D eigenvalue weighted by Crippen LogP contribution is -2.12. The Kier molecular flexibility index (Phi) is 2.63. The summed E-state index contributed by atoms with van der Waals surface area (Å²) in [6.45, 7) is 4.31. The van der Waals surface area contributed by atoms with Crippen molar-refractivity contribution in [1.29, 1.82) is 0 Å². The molecule has 0 unspecified atom stereocenters. The van der Waals surface area contributed by atoms with E-state index in [2.05, 4.69) is 29.1 Å². The van der Waals surface area contributed by atoms with E-state index in [1.165, 1.54) is 0 Å². The number of thiazole rings is 1. The number of hydrogen-bond acceptors (Lipinski definition) is 4. The Morgan fingerprint density at radius 3 is 3.14 bits per heavy atom. The summed E-state index contributed by atoms with van der Waals surface area (Å²) >= 11 is 1.61. The fourth-order valence-electron chi connectivity index (χ4n) is 1.14. The van der Waals surface area contributed by atoms with Crippen molar-refractivity contribution >= 4 is 26.8 Å². The number of fused-ring (bicyclic) bond motifs is 1. The van der Waals surface area contributed by atoms with Crippen LogP contribution in [0.25, 0.3) is 10.3 Å². The second kappa shape index (κ2) is 3.92. The van der Waals surface area contributed by atoms with E-state index in [-0.39, 0.29) is 0 Å². The molecular formula is C10H13N3S. The van der Waals surface area contributed by atoms with Gasteiger partial charge in [0.15, 0.2) is 5.13 Å². The molecule has 1 atom stereocenters. The summed E-state index contributed by atoms with van der Waals surface area (Å²) in [5, 5.41) is 4.31. The Labute approximate surface area is 87.2 Å². The summed E-state index contributed by atoms with van der Waals surface area (Å²) in [5.41, 5.74) is 0.975. The minimum atomic E-state index is 0.468. The minimum absolute atomic E-state index is 0.468. The summed E-state index contributed by atoms with van der Waals surface area (Å²) in [5.74, 6) is 0. The van der Waals surface area contributed by atoms with Crippen LogP contribution in [0, 0.1) is 0 Å². The maximum atomic E-state index is 4.45. The average molecular weight is 207 g/mol. The fourth-order valence-corrected chi connectivity index (χ4v) is 2.06. The van der Waals surface area contributed by atoms with Gasteiger partial charge in [-0.15, -0.1) is 0 Å². The molecule has 0 saturated carbocycles. The monoisotopic (exact) mass is 207 g/mol. The number of hydrogen-bond donors (Lipinski definition) is 1. The molecule has 2 rings (SSSR count). The topological polar surface area (TPSA) is 37.8 Å². The first kappa shape index (κ1) is 9.40. The zero-order valence-electron chi connectivity index (χ0n) is 8.32. The maximum absolute atomic E-state index is 4.45. The highest BCUT2D eigenvalue weighted by atomic mass is 32.1.